The third kappa shape index (κ3) is 3.11. The summed E-state index contributed by atoms with van der Waals surface area (Å²) in [6.45, 7) is 0. The van der Waals surface area contributed by atoms with E-state index in [2.05, 4.69) is 20.5 Å². The molecule has 0 atom stereocenters. The predicted molar refractivity (Wildman–Crippen MR) is 67.9 cm³/mol. The lowest BCUT2D eigenvalue weighted by Crippen LogP contribution is -2.17. The zero-order valence-corrected chi connectivity index (χ0v) is 9.45. The summed E-state index contributed by atoms with van der Waals surface area (Å²) in [5, 5.41) is 3.80. The van der Waals surface area contributed by atoms with Crippen molar-refractivity contribution in [3.63, 3.8) is 0 Å². The van der Waals surface area contributed by atoms with Gasteiger partial charge in [0.15, 0.2) is 0 Å². The van der Waals surface area contributed by atoms with Crippen LogP contribution in [-0.4, -0.2) is 22.1 Å². The zero-order valence-electron chi connectivity index (χ0n) is 9.45. The predicted octanol–water partition coefficient (Wildman–Crippen LogP) is 0.823. The summed E-state index contributed by atoms with van der Waals surface area (Å²) >= 11 is 0. The lowest BCUT2D eigenvalue weighted by molar-refractivity contribution is 0.0955. The highest BCUT2D eigenvalue weighted by atomic mass is 16.2. The second-order valence-corrected chi connectivity index (χ2v) is 3.44. The molecule has 0 aliphatic rings. The van der Waals surface area contributed by atoms with Crippen molar-refractivity contribution < 1.29 is 4.79 Å². The summed E-state index contributed by atoms with van der Waals surface area (Å²) in [4.78, 5) is 19.2. The first-order chi connectivity index (χ1) is 8.75. The number of nitrogens with zero attached hydrogens (tertiary/aromatic N) is 3. The van der Waals surface area contributed by atoms with Gasteiger partial charge in [-0.15, -0.1) is 0 Å². The summed E-state index contributed by atoms with van der Waals surface area (Å²) in [5.74, 6) is -0.0799. The minimum absolute atomic E-state index is 0.195. The number of anilines is 1. The van der Waals surface area contributed by atoms with Crippen LogP contribution in [-0.2, 0) is 0 Å². The van der Waals surface area contributed by atoms with E-state index in [1.54, 1.807) is 24.3 Å². The molecule has 1 aromatic carbocycles. The second-order valence-electron chi connectivity index (χ2n) is 3.44. The van der Waals surface area contributed by atoms with E-state index in [0.29, 0.717) is 11.1 Å². The number of carbonyl (C=O) groups is 1. The van der Waals surface area contributed by atoms with Gasteiger partial charge in [0, 0.05) is 23.5 Å². The van der Waals surface area contributed by atoms with E-state index in [0.717, 1.165) is 0 Å². The Morgan fingerprint density at radius 3 is 2.56 bits per heavy atom. The Morgan fingerprint density at radius 1 is 1.22 bits per heavy atom. The molecular weight excluding hydrogens is 230 g/mol. The molecule has 1 heterocycles. The minimum Gasteiger partial charge on any atom is -0.368 e. The van der Waals surface area contributed by atoms with Gasteiger partial charge in [0.1, 0.15) is 0 Å². The van der Waals surface area contributed by atoms with Crippen LogP contribution < -0.4 is 11.2 Å². The molecule has 3 N–H and O–H groups in total. The van der Waals surface area contributed by atoms with E-state index in [-0.39, 0.29) is 11.9 Å². The van der Waals surface area contributed by atoms with Crippen LogP contribution in [0.1, 0.15) is 15.9 Å². The third-order valence-electron chi connectivity index (χ3n) is 2.11. The highest BCUT2D eigenvalue weighted by Gasteiger charge is 2.01. The van der Waals surface area contributed by atoms with Gasteiger partial charge in [0.05, 0.1) is 6.21 Å². The van der Waals surface area contributed by atoms with E-state index < -0.39 is 0 Å². The first-order valence-electron chi connectivity index (χ1n) is 5.21. The molecule has 0 unspecified atom stereocenters. The molecule has 2 rings (SSSR count). The molecule has 1 amide bonds. The van der Waals surface area contributed by atoms with Gasteiger partial charge in [0.2, 0.25) is 5.95 Å². The maximum absolute atomic E-state index is 11.6. The fourth-order valence-electron chi connectivity index (χ4n) is 1.23. The fraction of sp³-hybridized carbons (Fsp3) is 0. The number of nitrogens with two attached hydrogens (primary N) is 1. The first kappa shape index (κ1) is 11.7. The standard InChI is InChI=1S/C12H11N5O/c13-12-14-6-9(7-15-12)8-16-17-11(18)10-4-2-1-3-5-10/h1-8H,(H,17,18)(H2,13,14,15)/b16-8+. The molecule has 6 heteroatoms. The number of nitrogens with one attached hydrogen (secondary N) is 1. The molecule has 0 aliphatic heterocycles. The maximum Gasteiger partial charge on any atom is 0.271 e. The van der Waals surface area contributed by atoms with Crippen molar-refractivity contribution in [1.29, 1.82) is 0 Å². The van der Waals surface area contributed by atoms with Gasteiger partial charge in [-0.05, 0) is 12.1 Å². The quantitative estimate of drug-likeness (QED) is 0.614. The fourth-order valence-corrected chi connectivity index (χ4v) is 1.23. The van der Waals surface area contributed by atoms with Crippen LogP contribution in [0.25, 0.3) is 0 Å². The average molecular weight is 241 g/mol. The van der Waals surface area contributed by atoms with Gasteiger partial charge in [-0.3, -0.25) is 4.79 Å². The van der Waals surface area contributed by atoms with Gasteiger partial charge < -0.3 is 5.73 Å². The molecule has 90 valence electrons. The summed E-state index contributed by atoms with van der Waals surface area (Å²) in [6.07, 6.45) is 4.47. The Bertz CT molecular complexity index is 550. The third-order valence-corrected chi connectivity index (χ3v) is 2.11. The lowest BCUT2D eigenvalue weighted by atomic mass is 10.2. The van der Waals surface area contributed by atoms with E-state index in [1.165, 1.54) is 18.6 Å². The molecule has 1 aromatic heterocycles. The second kappa shape index (κ2) is 5.53. The molecule has 18 heavy (non-hydrogen) atoms. The van der Waals surface area contributed by atoms with Crippen LogP contribution >= 0.6 is 0 Å². The molecule has 0 aliphatic carbocycles. The van der Waals surface area contributed by atoms with Crippen molar-refractivity contribution in [2.24, 2.45) is 5.10 Å². The van der Waals surface area contributed by atoms with Gasteiger partial charge in [-0.1, -0.05) is 18.2 Å². The smallest absolute Gasteiger partial charge is 0.271 e. The first-order valence-corrected chi connectivity index (χ1v) is 5.21. The van der Waals surface area contributed by atoms with Crippen molar-refractivity contribution in [3.8, 4) is 0 Å². The van der Waals surface area contributed by atoms with Crippen LogP contribution in [0.2, 0.25) is 0 Å². The summed E-state index contributed by atoms with van der Waals surface area (Å²) < 4.78 is 0. The molecule has 6 nitrogen and oxygen atoms in total. The number of hydrazone groups is 1. The highest BCUT2D eigenvalue weighted by Crippen LogP contribution is 1.97. The molecule has 0 fully saturated rings. The van der Waals surface area contributed by atoms with Gasteiger partial charge in [-0.25, -0.2) is 15.4 Å². The molecule has 0 bridgehead atoms. The van der Waals surface area contributed by atoms with Crippen LogP contribution in [0.4, 0.5) is 5.95 Å². The normalized spacial score (nSPS) is 10.4. The SMILES string of the molecule is Nc1ncc(/C=N/NC(=O)c2ccccc2)cn1. The molecule has 0 saturated carbocycles. The average Bonchev–Trinajstić information content (AvgIpc) is 2.42. The largest absolute Gasteiger partial charge is 0.368 e. The highest BCUT2D eigenvalue weighted by molar-refractivity contribution is 5.94. The number of aromatic nitrogens is 2. The summed E-state index contributed by atoms with van der Waals surface area (Å²) in [6, 6.07) is 8.82. The van der Waals surface area contributed by atoms with Crippen LogP contribution in [0.5, 0.6) is 0 Å². The number of hydrogen-bond donors (Lipinski definition) is 2. The topological polar surface area (TPSA) is 93.3 Å². The zero-order chi connectivity index (χ0) is 12.8. The van der Waals surface area contributed by atoms with Crippen molar-refractivity contribution in [3.05, 3.63) is 53.9 Å². The van der Waals surface area contributed by atoms with Gasteiger partial charge in [-0.2, -0.15) is 5.10 Å². The number of benzene rings is 1. The number of carbonyl (C=O) groups excluding carboxylic acids is 1. The summed E-state index contributed by atoms with van der Waals surface area (Å²) in [7, 11) is 0. The molecule has 0 spiro atoms. The van der Waals surface area contributed by atoms with Crippen LogP contribution in [0, 0.1) is 0 Å². The number of hydrogen-bond acceptors (Lipinski definition) is 5. The Hall–Kier alpha value is -2.76. The van der Waals surface area contributed by atoms with E-state index in [1.807, 2.05) is 6.07 Å². The molecule has 2 aromatic rings. The molecule has 0 saturated heterocycles. The minimum atomic E-state index is -0.275. The van der Waals surface area contributed by atoms with Crippen LogP contribution in [0.15, 0.2) is 47.8 Å². The van der Waals surface area contributed by atoms with E-state index in [4.69, 9.17) is 5.73 Å². The van der Waals surface area contributed by atoms with Gasteiger partial charge in [0.25, 0.3) is 5.91 Å². The Labute approximate surface area is 104 Å². The maximum atomic E-state index is 11.6. The number of amides is 1. The monoisotopic (exact) mass is 241 g/mol. The Kier molecular flexibility index (Phi) is 3.60. The van der Waals surface area contributed by atoms with Crippen molar-refractivity contribution >= 4 is 18.1 Å². The Morgan fingerprint density at radius 2 is 1.89 bits per heavy atom. The number of nitrogen functional groups attached to an aromatic ring is 1. The lowest BCUT2D eigenvalue weighted by Gasteiger charge is -1.98. The van der Waals surface area contributed by atoms with Crippen LogP contribution in [0.3, 0.4) is 0 Å². The van der Waals surface area contributed by atoms with Gasteiger partial charge >= 0.3 is 0 Å². The van der Waals surface area contributed by atoms with Crippen molar-refractivity contribution in [2.75, 3.05) is 5.73 Å². The van der Waals surface area contributed by atoms with E-state index >= 15 is 0 Å². The van der Waals surface area contributed by atoms with Crippen molar-refractivity contribution in [2.45, 2.75) is 0 Å². The van der Waals surface area contributed by atoms with Crippen molar-refractivity contribution in [1.82, 2.24) is 15.4 Å². The molecule has 0 radical (unpaired) electrons. The Balaban J connectivity index is 1.96. The molecular formula is C12H11N5O. The number of rotatable bonds is 3. The summed E-state index contributed by atoms with van der Waals surface area (Å²) in [5.41, 5.74) is 8.94. The van der Waals surface area contributed by atoms with E-state index in [9.17, 15) is 4.79 Å².